The van der Waals surface area contributed by atoms with Gasteiger partial charge in [0.05, 0.1) is 16.9 Å². The minimum atomic E-state index is 0.0907. The SMILES string of the molecule is CNc1cnc(N/N=C2/C=CC=NC2=N)c(Cl)c1. The van der Waals surface area contributed by atoms with Gasteiger partial charge in [-0.1, -0.05) is 11.6 Å². The zero-order valence-corrected chi connectivity index (χ0v) is 10.4. The molecular formula is C11H11ClN6. The third kappa shape index (κ3) is 2.72. The molecule has 6 nitrogen and oxygen atoms in total. The Kier molecular flexibility index (Phi) is 3.69. The fraction of sp³-hybridized carbons (Fsp3) is 0.0909. The second-order valence-corrected chi connectivity index (χ2v) is 3.81. The van der Waals surface area contributed by atoms with Crippen LogP contribution in [0.15, 0.2) is 34.5 Å². The zero-order valence-electron chi connectivity index (χ0n) is 9.61. The number of hydrazone groups is 1. The molecule has 0 spiro atoms. The number of anilines is 2. The summed E-state index contributed by atoms with van der Waals surface area (Å²) in [6.07, 6.45) is 6.55. The number of aliphatic imine (C=N–C) groups is 1. The molecule has 2 heterocycles. The summed E-state index contributed by atoms with van der Waals surface area (Å²) in [6, 6.07) is 1.73. The van der Waals surface area contributed by atoms with Gasteiger partial charge in [-0.3, -0.25) is 10.8 Å². The van der Waals surface area contributed by atoms with Gasteiger partial charge < -0.3 is 5.32 Å². The molecule has 7 heteroatoms. The van der Waals surface area contributed by atoms with Crippen LogP contribution in [0.1, 0.15) is 0 Å². The largest absolute Gasteiger partial charge is 0.387 e. The van der Waals surface area contributed by atoms with Gasteiger partial charge in [0.15, 0.2) is 11.7 Å². The van der Waals surface area contributed by atoms with E-state index in [4.69, 9.17) is 17.0 Å². The molecule has 3 N–H and O–H groups in total. The molecular weight excluding hydrogens is 252 g/mol. The molecule has 0 fully saturated rings. The lowest BCUT2D eigenvalue weighted by Crippen LogP contribution is -2.13. The molecule has 1 aromatic rings. The Balaban J connectivity index is 2.15. The second kappa shape index (κ2) is 5.42. The predicted molar refractivity (Wildman–Crippen MR) is 75.2 cm³/mol. The van der Waals surface area contributed by atoms with E-state index >= 15 is 0 Å². The maximum atomic E-state index is 7.55. The van der Waals surface area contributed by atoms with Crippen LogP contribution in [0.2, 0.25) is 5.02 Å². The molecule has 0 bridgehead atoms. The van der Waals surface area contributed by atoms with Gasteiger partial charge in [0.1, 0.15) is 5.71 Å². The monoisotopic (exact) mass is 262 g/mol. The summed E-state index contributed by atoms with van der Waals surface area (Å²) >= 11 is 6.03. The Bertz CT molecular complexity index is 561. The van der Waals surface area contributed by atoms with E-state index in [2.05, 4.69) is 25.8 Å². The van der Waals surface area contributed by atoms with Crippen molar-refractivity contribution in [3.05, 3.63) is 29.4 Å². The smallest absolute Gasteiger partial charge is 0.172 e. The van der Waals surface area contributed by atoms with Crippen LogP contribution in [0.5, 0.6) is 0 Å². The summed E-state index contributed by atoms with van der Waals surface area (Å²) in [5, 5.41) is 14.9. The summed E-state index contributed by atoms with van der Waals surface area (Å²) in [7, 11) is 1.78. The van der Waals surface area contributed by atoms with E-state index in [1.165, 1.54) is 6.21 Å². The molecule has 1 aliphatic heterocycles. The van der Waals surface area contributed by atoms with E-state index in [-0.39, 0.29) is 5.84 Å². The summed E-state index contributed by atoms with van der Waals surface area (Å²) in [4.78, 5) is 7.92. The highest BCUT2D eigenvalue weighted by molar-refractivity contribution is 6.47. The number of amidine groups is 1. The summed E-state index contributed by atoms with van der Waals surface area (Å²) in [5.41, 5.74) is 3.95. The topological polar surface area (TPSA) is 85.5 Å². The fourth-order valence-corrected chi connectivity index (χ4v) is 1.47. The van der Waals surface area contributed by atoms with E-state index in [0.29, 0.717) is 16.6 Å². The molecule has 0 unspecified atom stereocenters. The van der Waals surface area contributed by atoms with Gasteiger partial charge in [-0.25, -0.2) is 9.98 Å². The minimum absolute atomic E-state index is 0.0907. The Labute approximate surface area is 109 Å². The molecule has 18 heavy (non-hydrogen) atoms. The number of dihydropyridines is 1. The Morgan fingerprint density at radius 3 is 2.94 bits per heavy atom. The number of pyridine rings is 1. The van der Waals surface area contributed by atoms with Crippen molar-refractivity contribution in [1.29, 1.82) is 5.41 Å². The average molecular weight is 263 g/mol. The van der Waals surface area contributed by atoms with Gasteiger partial charge in [-0.2, -0.15) is 5.10 Å². The van der Waals surface area contributed by atoms with Crippen LogP contribution in [0, 0.1) is 5.41 Å². The molecule has 0 aromatic carbocycles. The Morgan fingerprint density at radius 2 is 2.28 bits per heavy atom. The second-order valence-electron chi connectivity index (χ2n) is 3.40. The Morgan fingerprint density at radius 1 is 1.44 bits per heavy atom. The van der Waals surface area contributed by atoms with Crippen LogP contribution < -0.4 is 10.7 Å². The number of hydrogen-bond acceptors (Lipinski definition) is 5. The first kappa shape index (κ1) is 12.3. The molecule has 0 saturated carbocycles. The maximum Gasteiger partial charge on any atom is 0.172 e. The molecule has 0 saturated heterocycles. The number of allylic oxidation sites excluding steroid dienone is 1. The van der Waals surface area contributed by atoms with Crippen LogP contribution in [-0.2, 0) is 0 Å². The highest BCUT2D eigenvalue weighted by atomic mass is 35.5. The highest BCUT2D eigenvalue weighted by Gasteiger charge is 2.06. The first-order chi connectivity index (χ1) is 8.70. The van der Waals surface area contributed by atoms with Crippen molar-refractivity contribution >= 4 is 40.9 Å². The molecule has 0 amide bonds. The van der Waals surface area contributed by atoms with Crippen LogP contribution in [0.3, 0.4) is 0 Å². The van der Waals surface area contributed by atoms with E-state index in [1.807, 2.05) is 0 Å². The first-order valence-corrected chi connectivity index (χ1v) is 5.55. The van der Waals surface area contributed by atoms with Crippen LogP contribution in [-0.4, -0.2) is 29.8 Å². The number of nitrogens with one attached hydrogen (secondary N) is 3. The third-order valence-corrected chi connectivity index (χ3v) is 2.49. The summed E-state index contributed by atoms with van der Waals surface area (Å²) in [5.74, 6) is 0.520. The molecule has 0 aliphatic carbocycles. The number of halogens is 1. The molecule has 2 rings (SSSR count). The molecule has 0 radical (unpaired) electrons. The van der Waals surface area contributed by atoms with Crippen molar-refractivity contribution in [1.82, 2.24) is 4.98 Å². The quantitative estimate of drug-likeness (QED) is 0.730. The average Bonchev–Trinajstić information content (AvgIpc) is 2.39. The molecule has 1 aromatic heterocycles. The summed E-state index contributed by atoms with van der Waals surface area (Å²) in [6.45, 7) is 0. The van der Waals surface area contributed by atoms with Crippen molar-refractivity contribution in [2.45, 2.75) is 0 Å². The van der Waals surface area contributed by atoms with E-state index < -0.39 is 0 Å². The lowest BCUT2D eigenvalue weighted by molar-refractivity contribution is 1.22. The van der Waals surface area contributed by atoms with Crippen molar-refractivity contribution in [2.75, 3.05) is 17.8 Å². The number of rotatable bonds is 3. The van der Waals surface area contributed by atoms with Crippen LogP contribution >= 0.6 is 11.6 Å². The van der Waals surface area contributed by atoms with Crippen molar-refractivity contribution < 1.29 is 0 Å². The standard InChI is InChI=1S/C11H11ClN6/c1-14-7-5-8(12)11(16-6-7)18-17-9-3-2-4-15-10(9)13/h2-6,13-14H,1H3,(H,16,18)/b13-10?,17-9-. The zero-order chi connectivity index (χ0) is 13.0. The van der Waals surface area contributed by atoms with E-state index in [0.717, 1.165) is 5.69 Å². The maximum absolute atomic E-state index is 7.55. The van der Waals surface area contributed by atoms with Crippen molar-refractivity contribution in [3.8, 4) is 0 Å². The number of nitrogens with zero attached hydrogens (tertiary/aromatic N) is 3. The van der Waals surface area contributed by atoms with Crippen molar-refractivity contribution in [2.24, 2.45) is 10.1 Å². The number of aromatic nitrogens is 1. The lowest BCUT2D eigenvalue weighted by Gasteiger charge is -2.06. The molecule has 1 aliphatic rings. The molecule has 92 valence electrons. The predicted octanol–water partition coefficient (Wildman–Crippen LogP) is 2.16. The minimum Gasteiger partial charge on any atom is -0.387 e. The number of hydrogen-bond donors (Lipinski definition) is 3. The first-order valence-electron chi connectivity index (χ1n) is 5.17. The van der Waals surface area contributed by atoms with Gasteiger partial charge in [0, 0.05) is 13.3 Å². The van der Waals surface area contributed by atoms with Gasteiger partial charge in [-0.05, 0) is 18.2 Å². The normalized spacial score (nSPS) is 16.1. The lowest BCUT2D eigenvalue weighted by atomic mass is 10.3. The van der Waals surface area contributed by atoms with Gasteiger partial charge in [0.2, 0.25) is 0 Å². The third-order valence-electron chi connectivity index (χ3n) is 2.20. The Hall–Kier alpha value is -2.21. The molecule has 0 atom stereocenters. The summed E-state index contributed by atoms with van der Waals surface area (Å²) < 4.78 is 0. The fourth-order valence-electron chi connectivity index (χ4n) is 1.26. The van der Waals surface area contributed by atoms with Gasteiger partial charge >= 0.3 is 0 Å². The van der Waals surface area contributed by atoms with E-state index in [1.54, 1.807) is 31.5 Å². The van der Waals surface area contributed by atoms with Gasteiger partial charge in [0.25, 0.3) is 0 Å². The van der Waals surface area contributed by atoms with Gasteiger partial charge in [-0.15, -0.1) is 0 Å². The van der Waals surface area contributed by atoms with Crippen LogP contribution in [0.25, 0.3) is 0 Å². The van der Waals surface area contributed by atoms with E-state index in [9.17, 15) is 0 Å². The highest BCUT2D eigenvalue weighted by Crippen LogP contribution is 2.22. The van der Waals surface area contributed by atoms with Crippen molar-refractivity contribution in [3.63, 3.8) is 0 Å². The van der Waals surface area contributed by atoms with Crippen LogP contribution in [0.4, 0.5) is 11.5 Å².